The molecule has 0 saturated carbocycles. The summed E-state index contributed by atoms with van der Waals surface area (Å²) in [5.74, 6) is 0.726. The van der Waals surface area contributed by atoms with Gasteiger partial charge in [-0.15, -0.1) is 0 Å². The molecule has 2 heterocycles. The predicted molar refractivity (Wildman–Crippen MR) is 107 cm³/mol. The fraction of sp³-hybridized carbons (Fsp3) is 0.909. The lowest BCUT2D eigenvalue weighted by Gasteiger charge is -2.48. The quantitative estimate of drug-likeness (QED) is 0.618. The highest BCUT2D eigenvalue weighted by Crippen LogP contribution is 2.42. The molecule has 2 aliphatic heterocycles. The first-order valence-corrected chi connectivity index (χ1v) is 10.8. The van der Waals surface area contributed by atoms with Gasteiger partial charge in [-0.25, -0.2) is 0 Å². The van der Waals surface area contributed by atoms with E-state index in [1.54, 1.807) is 0 Å². The van der Waals surface area contributed by atoms with Crippen LogP contribution in [0.1, 0.15) is 85.5 Å². The minimum absolute atomic E-state index is 0.293. The number of nitrogens with two attached hydrogens (primary N) is 1. The van der Waals surface area contributed by atoms with Crippen molar-refractivity contribution in [3.05, 3.63) is 11.6 Å². The normalized spacial score (nSPS) is 35.5. The molecule has 0 aromatic rings. The zero-order valence-corrected chi connectivity index (χ0v) is 17.4. The summed E-state index contributed by atoms with van der Waals surface area (Å²) in [6, 6.07) is 0. The first kappa shape index (κ1) is 21.9. The molecule has 0 radical (unpaired) electrons. The van der Waals surface area contributed by atoms with Gasteiger partial charge < -0.3 is 20.3 Å². The predicted octanol–water partition coefficient (Wildman–Crippen LogP) is 4.55. The van der Waals surface area contributed by atoms with Crippen molar-refractivity contribution in [2.45, 2.75) is 110 Å². The van der Waals surface area contributed by atoms with Gasteiger partial charge in [-0.2, -0.15) is 0 Å². The van der Waals surface area contributed by atoms with Crippen LogP contribution in [0.2, 0.25) is 0 Å². The van der Waals surface area contributed by atoms with Crippen LogP contribution in [0.5, 0.6) is 0 Å². The zero-order valence-electron chi connectivity index (χ0n) is 17.4. The van der Waals surface area contributed by atoms with Crippen molar-refractivity contribution < 1.29 is 14.6 Å². The van der Waals surface area contributed by atoms with Crippen molar-refractivity contribution in [2.24, 2.45) is 17.6 Å². The molecule has 2 rings (SSSR count). The first-order chi connectivity index (χ1) is 12.3. The molecule has 3 N–H and O–H groups in total. The van der Waals surface area contributed by atoms with Crippen molar-refractivity contribution in [2.75, 3.05) is 6.54 Å². The summed E-state index contributed by atoms with van der Waals surface area (Å²) in [7, 11) is 0. The van der Waals surface area contributed by atoms with Gasteiger partial charge in [-0.05, 0) is 82.7 Å². The molecule has 0 bridgehead atoms. The number of hydrogen-bond donors (Lipinski definition) is 2. The lowest BCUT2D eigenvalue weighted by molar-refractivity contribution is -0.324. The Morgan fingerprint density at radius 1 is 1.23 bits per heavy atom. The Balaban J connectivity index is 1.87. The molecule has 0 aliphatic carbocycles. The SMILES string of the molecule is C/C(=C\[C@@H](C)CC[C@@H]1CCCC2(CC[C@H](C)[C@@H](CCCN)O2)O1)[C@H](C)O. The van der Waals surface area contributed by atoms with Crippen LogP contribution in [0.3, 0.4) is 0 Å². The van der Waals surface area contributed by atoms with Gasteiger partial charge in [0.05, 0.1) is 18.3 Å². The molecule has 1 unspecified atom stereocenters. The first-order valence-electron chi connectivity index (χ1n) is 10.8. The topological polar surface area (TPSA) is 64.7 Å². The number of aliphatic hydroxyl groups is 1. The smallest absolute Gasteiger partial charge is 0.169 e. The van der Waals surface area contributed by atoms with Crippen molar-refractivity contribution >= 4 is 0 Å². The number of hydrogen-bond acceptors (Lipinski definition) is 4. The fourth-order valence-corrected chi connectivity index (χ4v) is 4.36. The van der Waals surface area contributed by atoms with Crippen molar-refractivity contribution in [1.82, 2.24) is 0 Å². The molecule has 152 valence electrons. The van der Waals surface area contributed by atoms with Crippen molar-refractivity contribution in [3.63, 3.8) is 0 Å². The highest BCUT2D eigenvalue weighted by molar-refractivity contribution is 5.04. The molecule has 1 spiro atoms. The van der Waals surface area contributed by atoms with Crippen LogP contribution in [0.15, 0.2) is 11.6 Å². The molecule has 4 heteroatoms. The summed E-state index contributed by atoms with van der Waals surface area (Å²) in [5, 5.41) is 9.64. The molecule has 26 heavy (non-hydrogen) atoms. The van der Waals surface area contributed by atoms with Gasteiger partial charge in [0.25, 0.3) is 0 Å². The summed E-state index contributed by atoms with van der Waals surface area (Å²) in [6.45, 7) is 9.10. The van der Waals surface area contributed by atoms with Crippen LogP contribution in [0, 0.1) is 11.8 Å². The standard InChI is InChI=1S/C22H41NO3/c1-16(15-18(3)19(4)24)9-10-20-7-5-12-22(25-20)13-11-17(2)21(26-22)8-6-14-23/h15-17,19-21,24H,5-14,23H2,1-4H3/b18-15+/t16-,17-,19-,20-,21+,22?/m0/s1. The summed E-state index contributed by atoms with van der Waals surface area (Å²) in [5.41, 5.74) is 6.76. The Labute approximate surface area is 160 Å². The Hall–Kier alpha value is -0.420. The molecule has 6 atom stereocenters. The fourth-order valence-electron chi connectivity index (χ4n) is 4.36. The van der Waals surface area contributed by atoms with Gasteiger partial charge in [-0.3, -0.25) is 0 Å². The van der Waals surface area contributed by atoms with E-state index in [1.807, 2.05) is 13.8 Å². The van der Waals surface area contributed by atoms with Gasteiger partial charge in [0.15, 0.2) is 5.79 Å². The van der Waals surface area contributed by atoms with Gasteiger partial charge in [0, 0.05) is 12.8 Å². The van der Waals surface area contributed by atoms with E-state index in [-0.39, 0.29) is 11.9 Å². The van der Waals surface area contributed by atoms with E-state index < -0.39 is 0 Å². The third kappa shape index (κ3) is 6.33. The highest BCUT2D eigenvalue weighted by atomic mass is 16.7. The Morgan fingerprint density at radius 2 is 2.00 bits per heavy atom. The van der Waals surface area contributed by atoms with Crippen LogP contribution in [-0.2, 0) is 9.47 Å². The second-order valence-corrected chi connectivity index (χ2v) is 8.79. The summed E-state index contributed by atoms with van der Waals surface area (Å²) in [4.78, 5) is 0. The van der Waals surface area contributed by atoms with E-state index in [2.05, 4.69) is 19.9 Å². The molecule has 2 fully saturated rings. The van der Waals surface area contributed by atoms with E-state index in [9.17, 15) is 5.11 Å². The van der Waals surface area contributed by atoms with Crippen LogP contribution in [-0.4, -0.2) is 35.8 Å². The average molecular weight is 368 g/mol. The summed E-state index contributed by atoms with van der Waals surface area (Å²) >= 11 is 0. The van der Waals surface area contributed by atoms with Gasteiger partial charge in [0.1, 0.15) is 0 Å². The molecule has 0 amide bonds. The maximum atomic E-state index is 9.64. The molecular formula is C22H41NO3. The molecule has 4 nitrogen and oxygen atoms in total. The average Bonchev–Trinajstić information content (AvgIpc) is 2.61. The Bertz CT molecular complexity index is 451. The molecule has 2 saturated heterocycles. The van der Waals surface area contributed by atoms with Gasteiger partial charge in [0.2, 0.25) is 0 Å². The minimum Gasteiger partial charge on any atom is -0.389 e. The third-order valence-corrected chi connectivity index (χ3v) is 6.29. The number of rotatable bonds is 8. The minimum atomic E-state index is -0.352. The lowest BCUT2D eigenvalue weighted by atomic mass is 9.85. The number of ether oxygens (including phenoxy) is 2. The largest absolute Gasteiger partial charge is 0.389 e. The van der Waals surface area contributed by atoms with E-state index in [0.29, 0.717) is 24.0 Å². The number of aliphatic hydroxyl groups excluding tert-OH is 1. The molecule has 2 aliphatic rings. The molecule has 0 aromatic carbocycles. The van der Waals surface area contributed by atoms with Crippen molar-refractivity contribution in [3.8, 4) is 0 Å². The molecule has 0 aromatic heterocycles. The second kappa shape index (κ2) is 10.2. The maximum Gasteiger partial charge on any atom is 0.169 e. The summed E-state index contributed by atoms with van der Waals surface area (Å²) in [6.07, 6.45) is 12.3. The van der Waals surface area contributed by atoms with E-state index in [0.717, 1.165) is 57.1 Å². The van der Waals surface area contributed by atoms with Gasteiger partial charge >= 0.3 is 0 Å². The van der Waals surface area contributed by atoms with Gasteiger partial charge in [-0.1, -0.05) is 19.9 Å². The monoisotopic (exact) mass is 367 g/mol. The highest BCUT2D eigenvalue weighted by Gasteiger charge is 2.44. The van der Waals surface area contributed by atoms with E-state index in [4.69, 9.17) is 15.2 Å². The summed E-state index contributed by atoms with van der Waals surface area (Å²) < 4.78 is 13.1. The lowest BCUT2D eigenvalue weighted by Crippen LogP contribution is -2.50. The van der Waals surface area contributed by atoms with E-state index >= 15 is 0 Å². The molecular weight excluding hydrogens is 326 g/mol. The van der Waals surface area contributed by atoms with Crippen molar-refractivity contribution in [1.29, 1.82) is 0 Å². The van der Waals surface area contributed by atoms with E-state index in [1.165, 1.54) is 12.8 Å². The van der Waals surface area contributed by atoms with Crippen LogP contribution in [0.25, 0.3) is 0 Å². The van der Waals surface area contributed by atoms with Crippen LogP contribution < -0.4 is 5.73 Å². The maximum absolute atomic E-state index is 9.64. The Kier molecular flexibility index (Phi) is 8.59. The van der Waals surface area contributed by atoms with Crippen LogP contribution >= 0.6 is 0 Å². The Morgan fingerprint density at radius 3 is 2.69 bits per heavy atom. The van der Waals surface area contributed by atoms with Crippen LogP contribution in [0.4, 0.5) is 0 Å². The second-order valence-electron chi connectivity index (χ2n) is 8.79. The third-order valence-electron chi connectivity index (χ3n) is 6.29. The zero-order chi connectivity index (χ0) is 19.2. The number of allylic oxidation sites excluding steroid dienone is 1.